The van der Waals surface area contributed by atoms with Gasteiger partial charge in [0.25, 0.3) is 0 Å². The molecule has 0 aliphatic heterocycles. The maximum absolute atomic E-state index is 4.23. The van der Waals surface area contributed by atoms with E-state index in [1.807, 2.05) is 13.1 Å². The summed E-state index contributed by atoms with van der Waals surface area (Å²) >= 11 is 3.22. The minimum atomic E-state index is 0.660. The Balaban J connectivity index is 1.93. The van der Waals surface area contributed by atoms with Gasteiger partial charge in [-0.3, -0.25) is 0 Å². The topological polar surface area (TPSA) is 67.3 Å². The van der Waals surface area contributed by atoms with Crippen molar-refractivity contribution in [3.05, 3.63) is 16.1 Å². The molecule has 13 heavy (non-hydrogen) atoms. The molecule has 0 amide bonds. The molecule has 1 N–H and O–H groups in total. The molecule has 0 saturated heterocycles. The average Bonchev–Trinajstić information content (AvgIpc) is 2.71. The fraction of sp³-hybridized carbons (Fsp3) is 0.333. The van der Waals surface area contributed by atoms with Crippen molar-refractivity contribution in [1.29, 1.82) is 0 Å². The molecule has 0 saturated carbocycles. The second-order valence-electron chi connectivity index (χ2n) is 2.35. The molecule has 0 spiro atoms. The average molecular weight is 213 g/mol. The molecule has 68 valence electrons. The number of nitrogens with one attached hydrogen (secondary N) is 1. The molecule has 0 aliphatic carbocycles. The summed E-state index contributed by atoms with van der Waals surface area (Å²) in [6.07, 6.45) is 1.87. The van der Waals surface area contributed by atoms with Crippen LogP contribution in [0.25, 0.3) is 0 Å². The van der Waals surface area contributed by atoms with Gasteiger partial charge in [0.15, 0.2) is 0 Å². The Hall–Kier alpha value is -0.950. The number of aromatic nitrogens is 5. The molecule has 2 rings (SSSR count). The Kier molecular flexibility index (Phi) is 2.55. The molecule has 2 aromatic heterocycles. The summed E-state index contributed by atoms with van der Waals surface area (Å²) < 4.78 is 0. The number of nitrogens with zero attached hydrogens (tertiary/aromatic N) is 4. The van der Waals surface area contributed by atoms with E-state index in [1.165, 1.54) is 16.6 Å². The van der Waals surface area contributed by atoms with Gasteiger partial charge in [-0.1, -0.05) is 11.8 Å². The zero-order valence-electron chi connectivity index (χ0n) is 6.89. The molecule has 5 nitrogen and oxygen atoms in total. The largest absolute Gasteiger partial charge is 0.249 e. The molecule has 0 fully saturated rings. The highest BCUT2D eigenvalue weighted by Crippen LogP contribution is 2.21. The second kappa shape index (κ2) is 3.84. The van der Waals surface area contributed by atoms with Crippen LogP contribution < -0.4 is 0 Å². The van der Waals surface area contributed by atoms with E-state index < -0.39 is 0 Å². The van der Waals surface area contributed by atoms with E-state index in [0.717, 1.165) is 10.8 Å². The highest BCUT2D eigenvalue weighted by atomic mass is 32.2. The van der Waals surface area contributed by atoms with Crippen molar-refractivity contribution in [1.82, 2.24) is 25.6 Å². The number of rotatable bonds is 3. The lowest BCUT2D eigenvalue weighted by Gasteiger charge is -1.89. The van der Waals surface area contributed by atoms with Crippen molar-refractivity contribution in [2.45, 2.75) is 17.8 Å². The van der Waals surface area contributed by atoms with Crippen LogP contribution in [0.15, 0.2) is 11.4 Å². The van der Waals surface area contributed by atoms with E-state index in [1.54, 1.807) is 11.3 Å². The predicted molar refractivity (Wildman–Crippen MR) is 50.6 cm³/mol. The number of thioether (sulfide) groups is 1. The zero-order chi connectivity index (χ0) is 9.10. The van der Waals surface area contributed by atoms with Crippen LogP contribution in [-0.2, 0) is 5.75 Å². The van der Waals surface area contributed by atoms with Crippen LogP contribution in [0.5, 0.6) is 0 Å². The van der Waals surface area contributed by atoms with E-state index >= 15 is 0 Å². The Labute approximate surface area is 83.0 Å². The van der Waals surface area contributed by atoms with Crippen molar-refractivity contribution in [2.75, 3.05) is 0 Å². The summed E-state index contributed by atoms with van der Waals surface area (Å²) in [4.78, 5) is 5.45. The van der Waals surface area contributed by atoms with Crippen LogP contribution in [0, 0.1) is 6.92 Å². The Morgan fingerprint density at radius 3 is 3.15 bits per heavy atom. The molecule has 0 atom stereocenters. The van der Waals surface area contributed by atoms with Gasteiger partial charge in [0.1, 0.15) is 5.01 Å². The SMILES string of the molecule is Cc1cnc(CSc2nn[nH]n2)s1. The van der Waals surface area contributed by atoms with Crippen LogP contribution >= 0.6 is 23.1 Å². The molecule has 0 aliphatic rings. The summed E-state index contributed by atoms with van der Waals surface area (Å²) in [5, 5.41) is 15.3. The minimum absolute atomic E-state index is 0.660. The molecule has 0 aromatic carbocycles. The van der Waals surface area contributed by atoms with E-state index in [-0.39, 0.29) is 0 Å². The molecule has 0 unspecified atom stereocenters. The first-order valence-electron chi connectivity index (χ1n) is 3.62. The highest BCUT2D eigenvalue weighted by Gasteiger charge is 2.02. The Morgan fingerprint density at radius 1 is 1.62 bits per heavy atom. The lowest BCUT2D eigenvalue weighted by Crippen LogP contribution is -1.79. The number of thiazole rings is 1. The molecular weight excluding hydrogens is 206 g/mol. The van der Waals surface area contributed by atoms with Gasteiger partial charge in [-0.25, -0.2) is 4.98 Å². The maximum Gasteiger partial charge on any atom is 0.231 e. The third-order valence-electron chi connectivity index (χ3n) is 1.32. The number of hydrogen-bond donors (Lipinski definition) is 1. The van der Waals surface area contributed by atoms with Crippen LogP contribution in [0.1, 0.15) is 9.88 Å². The second-order valence-corrected chi connectivity index (χ2v) is 4.61. The molecule has 2 heterocycles. The first-order valence-corrected chi connectivity index (χ1v) is 5.42. The van der Waals surface area contributed by atoms with Gasteiger partial charge in [-0.05, 0) is 12.1 Å². The predicted octanol–water partition coefficient (Wildman–Crippen LogP) is 1.26. The standard InChI is InChI=1S/C6H7N5S2/c1-4-2-7-5(13-4)3-12-6-8-10-11-9-6/h2H,3H2,1H3,(H,8,9,10,11). The van der Waals surface area contributed by atoms with Crippen molar-refractivity contribution in [2.24, 2.45) is 0 Å². The van der Waals surface area contributed by atoms with Crippen LogP contribution in [0.2, 0.25) is 0 Å². The molecule has 7 heteroatoms. The molecule has 0 radical (unpaired) electrons. The van der Waals surface area contributed by atoms with Gasteiger partial charge in [0.05, 0.1) is 5.75 Å². The van der Waals surface area contributed by atoms with Crippen molar-refractivity contribution >= 4 is 23.1 Å². The maximum atomic E-state index is 4.23. The van der Waals surface area contributed by atoms with Crippen molar-refractivity contribution < 1.29 is 0 Å². The summed E-state index contributed by atoms with van der Waals surface area (Å²) in [6, 6.07) is 0. The minimum Gasteiger partial charge on any atom is -0.249 e. The number of tetrazole rings is 1. The molecular formula is C6H7N5S2. The van der Waals surface area contributed by atoms with Gasteiger partial charge in [0, 0.05) is 11.1 Å². The van der Waals surface area contributed by atoms with E-state index in [9.17, 15) is 0 Å². The van der Waals surface area contributed by atoms with Crippen LogP contribution in [0.3, 0.4) is 0 Å². The van der Waals surface area contributed by atoms with Gasteiger partial charge in [-0.15, -0.1) is 21.5 Å². The Bertz CT molecular complexity index is 368. The number of aryl methyl sites for hydroxylation is 1. The number of hydrogen-bond acceptors (Lipinski definition) is 6. The van der Waals surface area contributed by atoms with Gasteiger partial charge in [0.2, 0.25) is 5.16 Å². The molecule has 2 aromatic rings. The smallest absolute Gasteiger partial charge is 0.231 e. The summed E-state index contributed by atoms with van der Waals surface area (Å²) in [7, 11) is 0. The zero-order valence-corrected chi connectivity index (χ0v) is 8.52. The van der Waals surface area contributed by atoms with Gasteiger partial charge >= 0.3 is 0 Å². The normalized spacial score (nSPS) is 10.5. The quantitative estimate of drug-likeness (QED) is 0.777. The van der Waals surface area contributed by atoms with Crippen molar-refractivity contribution in [3.8, 4) is 0 Å². The number of aromatic amines is 1. The lowest BCUT2D eigenvalue weighted by atomic mass is 10.6. The molecule has 0 bridgehead atoms. The fourth-order valence-corrected chi connectivity index (χ4v) is 2.33. The summed E-state index contributed by atoms with van der Waals surface area (Å²) in [5.74, 6) is 0.804. The highest BCUT2D eigenvalue weighted by molar-refractivity contribution is 7.98. The van der Waals surface area contributed by atoms with E-state index in [2.05, 4.69) is 25.6 Å². The van der Waals surface area contributed by atoms with Crippen molar-refractivity contribution in [3.63, 3.8) is 0 Å². The van der Waals surface area contributed by atoms with Gasteiger partial charge in [-0.2, -0.15) is 5.21 Å². The first-order chi connectivity index (χ1) is 6.34. The summed E-state index contributed by atoms with van der Waals surface area (Å²) in [5.41, 5.74) is 0. The number of H-pyrrole nitrogens is 1. The Morgan fingerprint density at radius 2 is 2.54 bits per heavy atom. The monoisotopic (exact) mass is 213 g/mol. The van der Waals surface area contributed by atoms with E-state index in [0.29, 0.717) is 5.16 Å². The fourth-order valence-electron chi connectivity index (χ4n) is 0.808. The first kappa shape index (κ1) is 8.64. The third-order valence-corrected chi connectivity index (χ3v) is 3.26. The third kappa shape index (κ3) is 2.25. The van der Waals surface area contributed by atoms with E-state index in [4.69, 9.17) is 0 Å². The lowest BCUT2D eigenvalue weighted by molar-refractivity contribution is 0.881. The summed E-state index contributed by atoms with van der Waals surface area (Å²) in [6.45, 7) is 2.04. The van der Waals surface area contributed by atoms with Crippen LogP contribution in [0.4, 0.5) is 0 Å². The van der Waals surface area contributed by atoms with Crippen LogP contribution in [-0.4, -0.2) is 25.6 Å². The van der Waals surface area contributed by atoms with Gasteiger partial charge < -0.3 is 0 Å².